The number of fused-ring (bicyclic) bond motifs is 1. The number of hydrogen-bond acceptors (Lipinski definition) is 4. The van der Waals surface area contributed by atoms with E-state index in [1.54, 1.807) is 12.1 Å². The molecule has 1 saturated heterocycles. The molecule has 3 rings (SSSR count). The first kappa shape index (κ1) is 14.7. The summed E-state index contributed by atoms with van der Waals surface area (Å²) < 4.78 is 20.1. The number of nitrogens with one attached hydrogen (secondary N) is 1. The molecule has 0 bridgehead atoms. The first-order valence-electron chi connectivity index (χ1n) is 7.61. The summed E-state index contributed by atoms with van der Waals surface area (Å²) in [6, 6.07) is 5.12. The molecule has 1 fully saturated rings. The molecule has 3 nitrogen and oxygen atoms in total. The lowest BCUT2D eigenvalue weighted by Gasteiger charge is -2.40. The molecule has 1 aromatic heterocycles. The Bertz CT molecular complexity index is 624. The minimum absolute atomic E-state index is 0.00128. The molecule has 1 aromatic carbocycles. The highest BCUT2D eigenvalue weighted by Crippen LogP contribution is 2.34. The monoisotopic (exact) mass is 308 g/mol. The van der Waals surface area contributed by atoms with Crippen LogP contribution in [0.1, 0.15) is 39.5 Å². The summed E-state index contributed by atoms with van der Waals surface area (Å²) in [4.78, 5) is 4.55. The second-order valence-corrected chi connectivity index (χ2v) is 6.73. The first-order valence-corrected chi connectivity index (χ1v) is 8.42. The Labute approximate surface area is 128 Å². The number of rotatable bonds is 4. The topological polar surface area (TPSA) is 34.2 Å². The summed E-state index contributed by atoms with van der Waals surface area (Å²) in [6.07, 6.45) is 4.07. The van der Waals surface area contributed by atoms with Gasteiger partial charge in [-0.05, 0) is 43.9 Å². The van der Waals surface area contributed by atoms with Crippen molar-refractivity contribution < 1.29 is 9.13 Å². The van der Waals surface area contributed by atoms with Crippen molar-refractivity contribution in [3.63, 3.8) is 0 Å². The third-order valence-corrected chi connectivity index (χ3v) is 5.41. The van der Waals surface area contributed by atoms with Gasteiger partial charge >= 0.3 is 0 Å². The van der Waals surface area contributed by atoms with Crippen molar-refractivity contribution in [1.82, 2.24) is 4.98 Å². The highest BCUT2D eigenvalue weighted by atomic mass is 32.1. The molecule has 1 N–H and O–H groups in total. The maximum atomic E-state index is 13.2. The SMILES string of the molecule is CCC1(CC)CC(Nc2nc3ccc(F)cc3s2)CCO1. The molecule has 0 amide bonds. The lowest BCUT2D eigenvalue weighted by atomic mass is 9.86. The second-order valence-electron chi connectivity index (χ2n) is 5.70. The van der Waals surface area contributed by atoms with E-state index in [0.717, 1.165) is 47.6 Å². The van der Waals surface area contributed by atoms with E-state index in [0.29, 0.717) is 6.04 Å². The molecule has 5 heteroatoms. The van der Waals surface area contributed by atoms with Gasteiger partial charge in [0.1, 0.15) is 5.82 Å². The van der Waals surface area contributed by atoms with Crippen molar-refractivity contribution in [2.24, 2.45) is 0 Å². The number of halogens is 1. The number of aromatic nitrogens is 1. The van der Waals surface area contributed by atoms with Gasteiger partial charge in [-0.2, -0.15) is 0 Å². The van der Waals surface area contributed by atoms with Gasteiger partial charge in [-0.25, -0.2) is 9.37 Å². The van der Waals surface area contributed by atoms with Gasteiger partial charge in [0.2, 0.25) is 0 Å². The minimum atomic E-state index is -0.209. The van der Waals surface area contributed by atoms with Crippen LogP contribution in [0.4, 0.5) is 9.52 Å². The van der Waals surface area contributed by atoms with Crippen molar-refractivity contribution in [3.05, 3.63) is 24.0 Å². The van der Waals surface area contributed by atoms with E-state index in [1.165, 1.54) is 17.4 Å². The quantitative estimate of drug-likeness (QED) is 0.897. The molecular formula is C16H21FN2OS. The Morgan fingerprint density at radius 3 is 3.00 bits per heavy atom. The molecule has 1 aliphatic heterocycles. The Hall–Kier alpha value is -1.20. The van der Waals surface area contributed by atoms with Crippen LogP contribution < -0.4 is 5.32 Å². The van der Waals surface area contributed by atoms with Crippen molar-refractivity contribution in [2.45, 2.75) is 51.2 Å². The molecule has 0 radical (unpaired) electrons. The largest absolute Gasteiger partial charge is 0.375 e. The molecular weight excluding hydrogens is 287 g/mol. The van der Waals surface area contributed by atoms with E-state index >= 15 is 0 Å². The van der Waals surface area contributed by atoms with Gasteiger partial charge in [-0.15, -0.1) is 0 Å². The van der Waals surface area contributed by atoms with Crippen LogP contribution >= 0.6 is 11.3 Å². The van der Waals surface area contributed by atoms with Crippen LogP contribution in [0.25, 0.3) is 10.2 Å². The second kappa shape index (κ2) is 5.89. The molecule has 0 saturated carbocycles. The summed E-state index contributed by atoms with van der Waals surface area (Å²) in [5.74, 6) is -0.209. The van der Waals surface area contributed by atoms with Crippen molar-refractivity contribution in [2.75, 3.05) is 11.9 Å². The molecule has 1 atom stereocenters. The third-order valence-electron chi connectivity index (χ3n) is 4.46. The summed E-state index contributed by atoms with van der Waals surface area (Å²) in [6.45, 7) is 5.16. The molecule has 0 aliphatic carbocycles. The van der Waals surface area contributed by atoms with Gasteiger partial charge in [0.25, 0.3) is 0 Å². The van der Waals surface area contributed by atoms with Crippen LogP contribution in [0, 0.1) is 5.82 Å². The molecule has 114 valence electrons. The van der Waals surface area contributed by atoms with E-state index in [2.05, 4.69) is 24.1 Å². The van der Waals surface area contributed by atoms with E-state index in [1.807, 2.05) is 0 Å². The van der Waals surface area contributed by atoms with Gasteiger partial charge in [-0.1, -0.05) is 25.2 Å². The lowest BCUT2D eigenvalue weighted by molar-refractivity contribution is -0.0864. The van der Waals surface area contributed by atoms with Crippen molar-refractivity contribution in [1.29, 1.82) is 0 Å². The zero-order valence-electron chi connectivity index (χ0n) is 12.5. The fraction of sp³-hybridized carbons (Fsp3) is 0.562. The van der Waals surface area contributed by atoms with Crippen LogP contribution in [0.5, 0.6) is 0 Å². The Morgan fingerprint density at radius 2 is 2.24 bits per heavy atom. The van der Waals surface area contributed by atoms with Gasteiger partial charge in [0.05, 0.1) is 15.8 Å². The highest BCUT2D eigenvalue weighted by Gasteiger charge is 2.34. The lowest BCUT2D eigenvalue weighted by Crippen LogP contribution is -2.43. The summed E-state index contributed by atoms with van der Waals surface area (Å²) in [7, 11) is 0. The van der Waals surface area contributed by atoms with Crippen LogP contribution in [-0.4, -0.2) is 23.2 Å². The van der Waals surface area contributed by atoms with Crippen LogP contribution in [0.3, 0.4) is 0 Å². The predicted octanol–water partition coefficient (Wildman–Crippen LogP) is 4.59. The van der Waals surface area contributed by atoms with Gasteiger partial charge in [0, 0.05) is 12.6 Å². The normalized spacial score (nSPS) is 21.6. The number of nitrogens with zero attached hydrogens (tertiary/aromatic N) is 1. The molecule has 0 spiro atoms. The third kappa shape index (κ3) is 3.04. The first-order chi connectivity index (χ1) is 10.1. The Kier molecular flexibility index (Phi) is 4.13. The number of thiazole rings is 1. The van der Waals surface area contributed by atoms with Crippen molar-refractivity contribution in [3.8, 4) is 0 Å². The van der Waals surface area contributed by atoms with E-state index in [4.69, 9.17) is 4.74 Å². The van der Waals surface area contributed by atoms with E-state index in [-0.39, 0.29) is 11.4 Å². The maximum absolute atomic E-state index is 13.2. The minimum Gasteiger partial charge on any atom is -0.375 e. The zero-order valence-corrected chi connectivity index (χ0v) is 13.3. The van der Waals surface area contributed by atoms with Gasteiger partial charge < -0.3 is 10.1 Å². The van der Waals surface area contributed by atoms with E-state index in [9.17, 15) is 4.39 Å². The Morgan fingerprint density at radius 1 is 1.43 bits per heavy atom. The zero-order chi connectivity index (χ0) is 14.9. The number of benzene rings is 1. The Balaban J connectivity index is 1.75. The molecule has 1 unspecified atom stereocenters. The smallest absolute Gasteiger partial charge is 0.184 e. The standard InChI is InChI=1S/C16H21FN2OS/c1-3-16(4-2)10-12(7-8-20-16)18-15-19-13-6-5-11(17)9-14(13)21-15/h5-6,9,12H,3-4,7-8,10H2,1-2H3,(H,18,19). The number of hydrogen-bond donors (Lipinski definition) is 1. The van der Waals surface area contributed by atoms with Gasteiger partial charge in [0.15, 0.2) is 5.13 Å². The molecule has 21 heavy (non-hydrogen) atoms. The summed E-state index contributed by atoms with van der Waals surface area (Å²) in [5.41, 5.74) is 0.854. The van der Waals surface area contributed by atoms with Crippen LogP contribution in [0.15, 0.2) is 18.2 Å². The number of anilines is 1. The fourth-order valence-electron chi connectivity index (χ4n) is 3.03. The summed E-state index contributed by atoms with van der Waals surface area (Å²) >= 11 is 1.52. The number of ether oxygens (including phenoxy) is 1. The predicted molar refractivity (Wildman–Crippen MR) is 85.5 cm³/mol. The van der Waals surface area contributed by atoms with Crippen molar-refractivity contribution >= 4 is 26.7 Å². The maximum Gasteiger partial charge on any atom is 0.184 e. The molecule has 2 aromatic rings. The van der Waals surface area contributed by atoms with E-state index < -0.39 is 0 Å². The summed E-state index contributed by atoms with van der Waals surface area (Å²) in [5, 5.41) is 4.40. The molecule has 1 aliphatic rings. The molecule has 2 heterocycles. The average molecular weight is 308 g/mol. The average Bonchev–Trinajstić information content (AvgIpc) is 2.88. The highest BCUT2D eigenvalue weighted by molar-refractivity contribution is 7.22. The van der Waals surface area contributed by atoms with Crippen LogP contribution in [0.2, 0.25) is 0 Å². The van der Waals surface area contributed by atoms with Crippen LogP contribution in [-0.2, 0) is 4.74 Å². The van der Waals surface area contributed by atoms with Gasteiger partial charge in [-0.3, -0.25) is 0 Å². The fourth-order valence-corrected chi connectivity index (χ4v) is 4.00.